The van der Waals surface area contributed by atoms with Gasteiger partial charge in [-0.15, -0.1) is 0 Å². The summed E-state index contributed by atoms with van der Waals surface area (Å²) in [6, 6.07) is -0.238. The van der Waals surface area contributed by atoms with Crippen LogP contribution < -0.4 is 10.6 Å². The van der Waals surface area contributed by atoms with Crippen LogP contribution in [0.5, 0.6) is 0 Å². The molecule has 19 heavy (non-hydrogen) atoms. The first-order valence-corrected chi connectivity index (χ1v) is 7.09. The van der Waals surface area contributed by atoms with Gasteiger partial charge in [0.2, 0.25) is 0 Å². The average molecular weight is 270 g/mol. The predicted molar refractivity (Wildman–Crippen MR) is 73.0 cm³/mol. The van der Waals surface area contributed by atoms with E-state index in [1.165, 1.54) is 0 Å². The van der Waals surface area contributed by atoms with Gasteiger partial charge >= 0.3 is 6.03 Å². The van der Waals surface area contributed by atoms with Crippen molar-refractivity contribution in [1.82, 2.24) is 10.6 Å². The standard InChI is InChI=1S/C14H26N2O3/c1-12(2)8-10(13(3,4)19-12)16-11(17)15-9-14(18)6-5-7-14/h10,18H,5-9H2,1-4H3,(H2,15,16,17). The molecular formula is C14H26N2O3. The van der Waals surface area contributed by atoms with Crippen LogP contribution in [0.4, 0.5) is 4.79 Å². The number of urea groups is 1. The molecule has 1 saturated heterocycles. The minimum Gasteiger partial charge on any atom is -0.388 e. The van der Waals surface area contributed by atoms with E-state index in [4.69, 9.17) is 4.74 Å². The third-order valence-electron chi connectivity index (χ3n) is 4.24. The molecule has 5 heteroatoms. The van der Waals surface area contributed by atoms with Crippen LogP contribution in [-0.4, -0.2) is 40.5 Å². The molecule has 0 aromatic rings. The van der Waals surface area contributed by atoms with Crippen molar-refractivity contribution in [3.05, 3.63) is 0 Å². The van der Waals surface area contributed by atoms with Crippen LogP contribution in [0.15, 0.2) is 0 Å². The Bertz CT molecular complexity index is 362. The molecule has 3 N–H and O–H groups in total. The Morgan fingerprint density at radius 1 is 1.32 bits per heavy atom. The van der Waals surface area contributed by atoms with E-state index in [-0.39, 0.29) is 23.3 Å². The summed E-state index contributed by atoms with van der Waals surface area (Å²) < 4.78 is 5.94. The van der Waals surface area contributed by atoms with E-state index in [0.29, 0.717) is 6.54 Å². The molecule has 5 nitrogen and oxygen atoms in total. The van der Waals surface area contributed by atoms with Gasteiger partial charge in [0.15, 0.2) is 0 Å². The first-order valence-electron chi connectivity index (χ1n) is 7.09. The van der Waals surface area contributed by atoms with Crippen LogP contribution in [-0.2, 0) is 4.74 Å². The number of aliphatic hydroxyl groups is 1. The van der Waals surface area contributed by atoms with Gasteiger partial charge in [-0.2, -0.15) is 0 Å². The van der Waals surface area contributed by atoms with Crippen molar-refractivity contribution in [2.75, 3.05) is 6.54 Å². The fraction of sp³-hybridized carbons (Fsp3) is 0.929. The van der Waals surface area contributed by atoms with Crippen LogP contribution in [0.2, 0.25) is 0 Å². The van der Waals surface area contributed by atoms with E-state index in [2.05, 4.69) is 10.6 Å². The van der Waals surface area contributed by atoms with Crippen molar-refractivity contribution in [1.29, 1.82) is 0 Å². The molecule has 1 aliphatic heterocycles. The summed E-state index contributed by atoms with van der Waals surface area (Å²) in [6.45, 7) is 8.38. The van der Waals surface area contributed by atoms with Gasteiger partial charge in [0.1, 0.15) is 0 Å². The van der Waals surface area contributed by atoms with Crippen LogP contribution in [0, 0.1) is 0 Å². The highest BCUT2D eigenvalue weighted by atomic mass is 16.5. The minimum atomic E-state index is -0.682. The van der Waals surface area contributed by atoms with E-state index in [0.717, 1.165) is 25.7 Å². The van der Waals surface area contributed by atoms with Gasteiger partial charge in [-0.05, 0) is 53.4 Å². The van der Waals surface area contributed by atoms with E-state index in [9.17, 15) is 9.90 Å². The normalized spacial score (nSPS) is 30.5. The van der Waals surface area contributed by atoms with Gasteiger partial charge in [-0.1, -0.05) is 0 Å². The Labute approximate surface area is 115 Å². The molecule has 0 aromatic heterocycles. The molecule has 2 fully saturated rings. The monoisotopic (exact) mass is 270 g/mol. The number of amides is 2. The van der Waals surface area contributed by atoms with Gasteiger partial charge in [0.05, 0.1) is 22.8 Å². The summed E-state index contributed by atoms with van der Waals surface area (Å²) in [5.74, 6) is 0. The highest BCUT2D eigenvalue weighted by Crippen LogP contribution is 2.37. The SMILES string of the molecule is CC1(C)CC(NC(=O)NCC2(O)CCC2)C(C)(C)O1. The van der Waals surface area contributed by atoms with Gasteiger partial charge in [0, 0.05) is 6.54 Å². The number of rotatable bonds is 3. The zero-order valence-corrected chi connectivity index (χ0v) is 12.4. The average Bonchev–Trinajstić information content (AvgIpc) is 2.41. The fourth-order valence-corrected chi connectivity index (χ4v) is 3.00. The molecule has 2 aliphatic rings. The summed E-state index contributed by atoms with van der Waals surface area (Å²) in [4.78, 5) is 11.9. The molecular weight excluding hydrogens is 244 g/mol. The molecule has 2 rings (SSSR count). The highest BCUT2D eigenvalue weighted by Gasteiger charge is 2.46. The van der Waals surface area contributed by atoms with Gasteiger partial charge < -0.3 is 20.5 Å². The van der Waals surface area contributed by atoms with E-state index in [1.54, 1.807) is 0 Å². The Morgan fingerprint density at radius 3 is 2.37 bits per heavy atom. The second-order valence-electron chi connectivity index (χ2n) is 7.13. The lowest BCUT2D eigenvalue weighted by Gasteiger charge is -2.36. The van der Waals surface area contributed by atoms with E-state index in [1.807, 2.05) is 27.7 Å². The lowest BCUT2D eigenvalue weighted by Crippen LogP contribution is -2.54. The number of hydrogen-bond donors (Lipinski definition) is 3. The summed E-state index contributed by atoms with van der Waals surface area (Å²) in [5, 5.41) is 15.7. The molecule has 1 heterocycles. The fourth-order valence-electron chi connectivity index (χ4n) is 3.00. The molecule has 1 unspecified atom stereocenters. The maximum Gasteiger partial charge on any atom is 0.315 e. The maximum atomic E-state index is 11.9. The summed E-state index contributed by atoms with van der Waals surface area (Å²) in [5.41, 5.74) is -1.26. The van der Waals surface area contributed by atoms with E-state index < -0.39 is 5.60 Å². The summed E-state index contributed by atoms with van der Waals surface area (Å²) in [7, 11) is 0. The zero-order valence-electron chi connectivity index (χ0n) is 12.4. The second kappa shape index (κ2) is 4.63. The van der Waals surface area contributed by atoms with Crippen molar-refractivity contribution < 1.29 is 14.6 Å². The Morgan fingerprint density at radius 2 is 1.95 bits per heavy atom. The van der Waals surface area contributed by atoms with Crippen molar-refractivity contribution in [2.45, 2.75) is 76.2 Å². The predicted octanol–water partition coefficient (Wildman–Crippen LogP) is 1.55. The van der Waals surface area contributed by atoms with Crippen LogP contribution in [0.3, 0.4) is 0 Å². The molecule has 110 valence electrons. The number of ether oxygens (including phenoxy) is 1. The number of carbonyl (C=O) groups is 1. The summed E-state index contributed by atoms with van der Waals surface area (Å²) >= 11 is 0. The van der Waals surface area contributed by atoms with Crippen molar-refractivity contribution in [3.8, 4) is 0 Å². The van der Waals surface area contributed by atoms with Crippen molar-refractivity contribution in [3.63, 3.8) is 0 Å². The third-order valence-corrected chi connectivity index (χ3v) is 4.24. The topological polar surface area (TPSA) is 70.6 Å². The lowest BCUT2D eigenvalue weighted by atomic mass is 9.80. The molecule has 0 aromatic carbocycles. The molecule has 1 atom stereocenters. The smallest absolute Gasteiger partial charge is 0.315 e. The van der Waals surface area contributed by atoms with Crippen LogP contribution in [0.25, 0.3) is 0 Å². The quantitative estimate of drug-likeness (QED) is 0.728. The van der Waals surface area contributed by atoms with Crippen molar-refractivity contribution >= 4 is 6.03 Å². The first-order chi connectivity index (χ1) is 8.62. The van der Waals surface area contributed by atoms with Crippen LogP contribution in [0.1, 0.15) is 53.4 Å². The third kappa shape index (κ3) is 3.39. The number of hydrogen-bond acceptors (Lipinski definition) is 3. The maximum absolute atomic E-state index is 11.9. The molecule has 0 radical (unpaired) electrons. The van der Waals surface area contributed by atoms with Crippen LogP contribution >= 0.6 is 0 Å². The second-order valence-corrected chi connectivity index (χ2v) is 7.13. The Hall–Kier alpha value is -0.810. The molecule has 0 bridgehead atoms. The van der Waals surface area contributed by atoms with Crippen molar-refractivity contribution in [2.24, 2.45) is 0 Å². The Kier molecular flexibility index (Phi) is 3.56. The summed E-state index contributed by atoms with van der Waals surface area (Å²) in [6.07, 6.45) is 3.38. The molecule has 1 aliphatic carbocycles. The number of nitrogens with one attached hydrogen (secondary N) is 2. The minimum absolute atomic E-state index is 0.0152. The largest absolute Gasteiger partial charge is 0.388 e. The molecule has 0 spiro atoms. The zero-order chi connectivity index (χ0) is 14.3. The number of carbonyl (C=O) groups excluding carboxylic acids is 1. The first kappa shape index (κ1) is 14.6. The van der Waals surface area contributed by atoms with Gasteiger partial charge in [-0.25, -0.2) is 4.79 Å². The molecule has 1 saturated carbocycles. The lowest BCUT2D eigenvalue weighted by molar-refractivity contribution is -0.0691. The van der Waals surface area contributed by atoms with Gasteiger partial charge in [-0.3, -0.25) is 0 Å². The molecule has 2 amide bonds. The Balaban J connectivity index is 1.82. The van der Waals surface area contributed by atoms with E-state index >= 15 is 0 Å². The highest BCUT2D eigenvalue weighted by molar-refractivity contribution is 5.74. The van der Waals surface area contributed by atoms with Gasteiger partial charge in [0.25, 0.3) is 0 Å².